The predicted molar refractivity (Wildman–Crippen MR) is 84.7 cm³/mol. The molecule has 0 saturated carbocycles. The van der Waals surface area contributed by atoms with Crippen LogP contribution in [0.25, 0.3) is 0 Å². The summed E-state index contributed by atoms with van der Waals surface area (Å²) in [5.74, 6) is -0.436. The first-order valence-corrected chi connectivity index (χ1v) is 8.58. The molecule has 2 rings (SSSR count). The molecular weight excluding hydrogens is 324 g/mol. The summed E-state index contributed by atoms with van der Waals surface area (Å²) >= 11 is -0.882. The maximum absolute atomic E-state index is 11.6. The molecule has 1 atom stereocenters. The van der Waals surface area contributed by atoms with Gasteiger partial charge in [-0.05, 0) is 24.0 Å². The van der Waals surface area contributed by atoms with Crippen molar-refractivity contribution in [3.8, 4) is 0 Å². The van der Waals surface area contributed by atoms with Gasteiger partial charge in [-0.1, -0.05) is 23.2 Å². The lowest BCUT2D eigenvalue weighted by atomic mass is 10.2. The number of carbonyl (C=O) groups excluding carboxylic acids is 1. The zero-order valence-corrected chi connectivity index (χ0v) is 13.2. The number of rotatable bonds is 6. The highest BCUT2D eigenvalue weighted by molar-refractivity contribution is 7.98. The average Bonchev–Trinajstić information content (AvgIpc) is 2.46. The number of anilines is 2. The summed E-state index contributed by atoms with van der Waals surface area (Å²) in [6, 6.07) is 6.82. The van der Waals surface area contributed by atoms with Crippen LogP contribution in [0.15, 0.2) is 35.6 Å². The Bertz CT molecular complexity index is 724. The van der Waals surface area contributed by atoms with Crippen LogP contribution in [-0.4, -0.2) is 30.9 Å². The molecule has 0 bridgehead atoms. The van der Waals surface area contributed by atoms with Crippen molar-refractivity contribution in [1.29, 1.82) is 0 Å². The molecule has 0 spiro atoms. The Labute approximate surface area is 134 Å². The van der Waals surface area contributed by atoms with Crippen LogP contribution in [0.5, 0.6) is 0 Å². The minimum Gasteiger partial charge on any atom is -0.772 e. The number of carbonyl (C=O) groups is 1. The Balaban J connectivity index is 2.35. The number of nitrogens with one attached hydrogen (secondary N) is 1. The van der Waals surface area contributed by atoms with Crippen molar-refractivity contribution in [2.24, 2.45) is 5.73 Å². The van der Waals surface area contributed by atoms with Gasteiger partial charge in [-0.15, -0.1) is 11.8 Å². The minimum atomic E-state index is -2.17. The van der Waals surface area contributed by atoms with E-state index in [0.717, 1.165) is 0 Å². The third-order valence-electron chi connectivity index (χ3n) is 2.73. The average molecular weight is 337 g/mol. The van der Waals surface area contributed by atoms with Crippen LogP contribution < -0.4 is 11.1 Å². The summed E-state index contributed by atoms with van der Waals surface area (Å²) in [4.78, 5) is 19.7. The largest absolute Gasteiger partial charge is 0.772 e. The molecule has 0 fully saturated rings. The number of thioether (sulfide) groups is 1. The monoisotopic (exact) mass is 337 g/mol. The van der Waals surface area contributed by atoms with Gasteiger partial charge in [-0.2, -0.15) is 0 Å². The maximum Gasteiger partial charge on any atom is 0.255 e. The lowest BCUT2D eigenvalue weighted by Crippen LogP contribution is -2.16. The van der Waals surface area contributed by atoms with Gasteiger partial charge in [0.1, 0.15) is 22.7 Å². The number of primary amides is 1. The molecule has 22 heavy (non-hydrogen) atoms. The fraction of sp³-hybridized carbons (Fsp3) is 0.154. The lowest BCUT2D eigenvalue weighted by Gasteiger charge is -2.12. The fourth-order valence-electron chi connectivity index (χ4n) is 1.85. The molecule has 1 heterocycles. The second-order valence-corrected chi connectivity index (χ2v) is 5.94. The summed E-state index contributed by atoms with van der Waals surface area (Å²) in [5, 5.41) is 3.45. The van der Waals surface area contributed by atoms with Crippen molar-refractivity contribution < 1.29 is 13.6 Å². The third-order valence-corrected chi connectivity index (χ3v) is 3.99. The Hall–Kier alpha value is -1.97. The molecule has 1 unspecified atom stereocenters. The molecule has 0 aliphatic rings. The molecule has 1 amide bonds. The quantitative estimate of drug-likeness (QED) is 0.464. The van der Waals surface area contributed by atoms with Gasteiger partial charge in [-0.25, -0.2) is 9.97 Å². The number of hydrogen-bond acceptors (Lipinski definition) is 7. The number of benzene rings is 1. The van der Waals surface area contributed by atoms with Gasteiger partial charge in [0.2, 0.25) is 0 Å². The zero-order chi connectivity index (χ0) is 16.1. The molecule has 3 N–H and O–H groups in total. The van der Waals surface area contributed by atoms with Crippen LogP contribution in [0.4, 0.5) is 11.5 Å². The van der Waals surface area contributed by atoms with Gasteiger partial charge in [0.05, 0.1) is 0 Å². The molecule has 9 heteroatoms. The van der Waals surface area contributed by atoms with Gasteiger partial charge in [0, 0.05) is 11.4 Å². The van der Waals surface area contributed by atoms with Gasteiger partial charge in [-0.3, -0.25) is 9.00 Å². The van der Waals surface area contributed by atoms with E-state index in [9.17, 15) is 13.6 Å². The fourth-order valence-corrected chi connectivity index (χ4v) is 2.86. The van der Waals surface area contributed by atoms with E-state index in [-0.39, 0.29) is 17.1 Å². The van der Waals surface area contributed by atoms with Crippen molar-refractivity contribution in [3.63, 3.8) is 0 Å². The lowest BCUT2D eigenvalue weighted by molar-refractivity contribution is 0.0997. The first-order valence-electron chi connectivity index (χ1n) is 6.12. The molecule has 7 nitrogen and oxygen atoms in total. The van der Waals surface area contributed by atoms with Crippen LogP contribution in [0, 0.1) is 0 Å². The minimum absolute atomic E-state index is 0.0853. The van der Waals surface area contributed by atoms with E-state index in [1.165, 1.54) is 18.1 Å². The Morgan fingerprint density at radius 1 is 1.45 bits per heavy atom. The summed E-state index contributed by atoms with van der Waals surface area (Å²) in [7, 11) is 0. The van der Waals surface area contributed by atoms with Crippen molar-refractivity contribution >= 4 is 40.3 Å². The number of nitrogens with zero attached hydrogens (tertiary/aromatic N) is 2. The number of aromatic nitrogens is 2. The smallest absolute Gasteiger partial charge is 0.255 e. The number of hydrogen-bond donors (Lipinski definition) is 2. The van der Waals surface area contributed by atoms with Gasteiger partial charge < -0.3 is 15.6 Å². The molecule has 1 aromatic carbocycles. The molecule has 0 aliphatic carbocycles. The Morgan fingerprint density at radius 3 is 2.86 bits per heavy atom. The highest BCUT2D eigenvalue weighted by Crippen LogP contribution is 2.25. The summed E-state index contributed by atoms with van der Waals surface area (Å²) < 4.78 is 21.5. The van der Waals surface area contributed by atoms with Crippen LogP contribution in [0.2, 0.25) is 0 Å². The molecule has 0 aliphatic heterocycles. The van der Waals surface area contributed by atoms with E-state index < -0.39 is 17.0 Å². The third kappa shape index (κ3) is 4.03. The van der Waals surface area contributed by atoms with Crippen LogP contribution in [0.3, 0.4) is 0 Å². The number of amides is 1. The number of nitrogens with two attached hydrogens (primary N) is 1. The summed E-state index contributed by atoms with van der Waals surface area (Å²) in [6.07, 6.45) is 3.11. The first-order chi connectivity index (χ1) is 10.5. The van der Waals surface area contributed by atoms with Crippen LogP contribution >= 0.6 is 11.8 Å². The van der Waals surface area contributed by atoms with E-state index >= 15 is 0 Å². The SMILES string of the molecule is CSc1ncnc(Nc2cccc(CS(=O)[O-])c2)c1C(N)=O. The normalized spacial score (nSPS) is 11.9. The van der Waals surface area contributed by atoms with Crippen LogP contribution in [-0.2, 0) is 16.8 Å². The molecule has 2 aromatic rings. The topological polar surface area (TPSA) is 121 Å². The van der Waals surface area contributed by atoms with Crippen LogP contribution in [0.1, 0.15) is 15.9 Å². The van der Waals surface area contributed by atoms with Crippen molar-refractivity contribution in [2.75, 3.05) is 11.6 Å². The molecular formula is C13H13N4O3S2-. The molecule has 116 valence electrons. The van der Waals surface area contributed by atoms with Crippen molar-refractivity contribution in [2.45, 2.75) is 10.8 Å². The van der Waals surface area contributed by atoms with Crippen molar-refractivity contribution in [3.05, 3.63) is 41.7 Å². The second kappa shape index (κ2) is 7.34. The standard InChI is InChI=1S/C13H14N4O3S2/c1-21-13-10(11(14)18)12(15-7-16-13)17-9-4-2-3-8(5-9)6-22(19)20/h2-5,7H,6H2,1H3,(H2,14,18)(H,19,20)(H,15,16,17)/p-1. The van der Waals surface area contributed by atoms with E-state index in [1.807, 2.05) is 0 Å². The molecule has 0 saturated heterocycles. The maximum atomic E-state index is 11.6. The first kappa shape index (κ1) is 16.4. The van der Waals surface area contributed by atoms with E-state index in [0.29, 0.717) is 16.3 Å². The van der Waals surface area contributed by atoms with Gasteiger partial charge in [0.25, 0.3) is 5.91 Å². The van der Waals surface area contributed by atoms with E-state index in [2.05, 4.69) is 15.3 Å². The Morgan fingerprint density at radius 2 is 2.23 bits per heavy atom. The summed E-state index contributed by atoms with van der Waals surface area (Å²) in [5.41, 5.74) is 6.82. The molecule has 1 aromatic heterocycles. The van der Waals surface area contributed by atoms with Gasteiger partial charge >= 0.3 is 0 Å². The van der Waals surface area contributed by atoms with Crippen molar-refractivity contribution in [1.82, 2.24) is 9.97 Å². The highest BCUT2D eigenvalue weighted by Gasteiger charge is 2.16. The molecule has 0 radical (unpaired) electrons. The highest BCUT2D eigenvalue weighted by atomic mass is 32.2. The van der Waals surface area contributed by atoms with E-state index in [1.54, 1.807) is 30.5 Å². The Kier molecular flexibility index (Phi) is 5.47. The van der Waals surface area contributed by atoms with Gasteiger partial charge in [0.15, 0.2) is 0 Å². The second-order valence-electron chi connectivity index (χ2n) is 4.24. The zero-order valence-electron chi connectivity index (χ0n) is 11.6. The van der Waals surface area contributed by atoms with E-state index in [4.69, 9.17) is 5.73 Å². The predicted octanol–water partition coefficient (Wildman–Crippen LogP) is 1.42. The summed E-state index contributed by atoms with van der Waals surface area (Å²) in [6.45, 7) is 0.